The molecule has 0 unspecified atom stereocenters. The number of anilines is 1. The highest BCUT2D eigenvalue weighted by Crippen LogP contribution is 2.32. The Hall–Kier alpha value is -1.70. The molecule has 1 aromatic rings. The van der Waals surface area contributed by atoms with Crippen molar-refractivity contribution in [2.24, 2.45) is 5.18 Å². The number of nitroso groups, excluding NO2 is 1. The van der Waals surface area contributed by atoms with Crippen molar-refractivity contribution in [2.75, 3.05) is 25.2 Å². The lowest BCUT2D eigenvalue weighted by Crippen LogP contribution is -2.04. The number of methoxy groups -OCH3 is 1. The highest BCUT2D eigenvalue weighted by molar-refractivity contribution is 8.00. The number of rotatable bonds is 5. The third kappa shape index (κ3) is 2.89. The summed E-state index contributed by atoms with van der Waals surface area (Å²) < 4.78 is 4.47. The van der Waals surface area contributed by atoms with Gasteiger partial charge in [0.15, 0.2) is 11.5 Å². The maximum atomic E-state index is 10.9. The summed E-state index contributed by atoms with van der Waals surface area (Å²) in [6, 6.07) is 0. The Balaban J connectivity index is 2.86. The van der Waals surface area contributed by atoms with Crippen LogP contribution < -0.4 is 5.32 Å². The first-order valence-electron chi connectivity index (χ1n) is 4.28. The second-order valence-corrected chi connectivity index (χ2v) is 3.55. The number of aromatic nitrogens is 2. The van der Waals surface area contributed by atoms with E-state index in [9.17, 15) is 9.70 Å². The number of nitrogens with zero attached hydrogens (tertiary/aromatic N) is 3. The Kier molecular flexibility index (Phi) is 4.65. The van der Waals surface area contributed by atoms with Gasteiger partial charge in [0, 0.05) is 7.05 Å². The van der Waals surface area contributed by atoms with Gasteiger partial charge in [-0.1, -0.05) is 11.8 Å². The van der Waals surface area contributed by atoms with E-state index in [1.54, 1.807) is 7.05 Å². The fourth-order valence-corrected chi connectivity index (χ4v) is 1.68. The predicted molar refractivity (Wildman–Crippen MR) is 59.8 cm³/mol. The molecule has 86 valence electrons. The average Bonchev–Trinajstić information content (AvgIpc) is 2.34. The number of nitrogens with one attached hydrogen (secondary N) is 1. The Bertz CT molecular complexity index is 399. The molecular weight excluding hydrogens is 232 g/mol. The fourth-order valence-electron chi connectivity index (χ4n) is 0.920. The summed E-state index contributed by atoms with van der Waals surface area (Å²) in [4.78, 5) is 29.3. The second-order valence-electron chi connectivity index (χ2n) is 2.58. The molecular formula is C8H10N4O3S. The van der Waals surface area contributed by atoms with Crippen molar-refractivity contribution in [3.05, 3.63) is 11.2 Å². The summed E-state index contributed by atoms with van der Waals surface area (Å²) in [5.41, 5.74) is 0.0962. The standard InChI is InChI=1S/C8H10N4O3S/c1-9-7-6(12-14)8(11-4-10-7)16-3-5(13)15-2/h4H,3H2,1-2H3,(H,9,10,11). The van der Waals surface area contributed by atoms with Crippen molar-refractivity contribution < 1.29 is 9.53 Å². The number of ether oxygens (including phenoxy) is 1. The van der Waals surface area contributed by atoms with Crippen LogP contribution in [0.2, 0.25) is 0 Å². The van der Waals surface area contributed by atoms with Gasteiger partial charge in [0.2, 0.25) is 0 Å². The van der Waals surface area contributed by atoms with Crippen LogP contribution in [0.5, 0.6) is 0 Å². The minimum Gasteiger partial charge on any atom is -0.468 e. The number of hydrogen-bond donors (Lipinski definition) is 1. The number of carbonyl (C=O) groups is 1. The lowest BCUT2D eigenvalue weighted by atomic mass is 10.5. The third-order valence-electron chi connectivity index (χ3n) is 1.67. The number of esters is 1. The zero-order valence-corrected chi connectivity index (χ0v) is 9.58. The molecule has 8 heteroatoms. The molecule has 1 heterocycles. The summed E-state index contributed by atoms with van der Waals surface area (Å²) in [6.07, 6.45) is 1.29. The largest absolute Gasteiger partial charge is 0.468 e. The first kappa shape index (κ1) is 12.4. The lowest BCUT2D eigenvalue weighted by Gasteiger charge is -2.05. The minimum absolute atomic E-state index is 0.0686. The van der Waals surface area contributed by atoms with E-state index in [1.807, 2.05) is 0 Å². The van der Waals surface area contributed by atoms with Gasteiger partial charge in [-0.15, -0.1) is 4.91 Å². The summed E-state index contributed by atoms with van der Waals surface area (Å²) in [7, 11) is 2.91. The molecule has 0 bridgehead atoms. The maximum Gasteiger partial charge on any atom is 0.316 e. The Morgan fingerprint density at radius 2 is 2.38 bits per heavy atom. The molecule has 0 saturated heterocycles. The fraction of sp³-hybridized carbons (Fsp3) is 0.375. The van der Waals surface area contributed by atoms with Gasteiger partial charge in [0.25, 0.3) is 0 Å². The number of thioether (sulfide) groups is 1. The van der Waals surface area contributed by atoms with Crippen LogP contribution in [0.4, 0.5) is 11.5 Å². The molecule has 16 heavy (non-hydrogen) atoms. The van der Waals surface area contributed by atoms with Crippen LogP contribution in [0.25, 0.3) is 0 Å². The SMILES string of the molecule is CNc1ncnc(SCC(=O)OC)c1N=O. The van der Waals surface area contributed by atoms with Crippen LogP contribution in [0, 0.1) is 4.91 Å². The average molecular weight is 242 g/mol. The molecule has 0 aliphatic heterocycles. The van der Waals surface area contributed by atoms with Crippen LogP contribution in [0.3, 0.4) is 0 Å². The summed E-state index contributed by atoms with van der Waals surface area (Å²) in [5, 5.41) is 5.90. The zero-order chi connectivity index (χ0) is 12.0. The van der Waals surface area contributed by atoms with E-state index >= 15 is 0 Å². The smallest absolute Gasteiger partial charge is 0.316 e. The molecule has 1 N–H and O–H groups in total. The van der Waals surface area contributed by atoms with Gasteiger partial charge in [0.1, 0.15) is 11.4 Å². The Labute approximate surface area is 96.0 Å². The highest BCUT2D eigenvalue weighted by Gasteiger charge is 2.13. The van der Waals surface area contributed by atoms with Crippen molar-refractivity contribution in [1.82, 2.24) is 9.97 Å². The summed E-state index contributed by atoms with van der Waals surface area (Å²) in [5.74, 6) is 0.00274. The van der Waals surface area contributed by atoms with E-state index in [0.717, 1.165) is 11.8 Å². The molecule has 0 spiro atoms. The normalized spacial score (nSPS) is 9.62. The summed E-state index contributed by atoms with van der Waals surface area (Å²) in [6.45, 7) is 0. The monoisotopic (exact) mass is 242 g/mol. The molecule has 0 fully saturated rings. The third-order valence-corrected chi connectivity index (χ3v) is 2.62. The molecule has 0 aromatic carbocycles. The van der Waals surface area contributed by atoms with E-state index in [0.29, 0.717) is 10.8 Å². The predicted octanol–water partition coefficient (Wildman–Crippen LogP) is 1.18. The molecule has 0 saturated carbocycles. The quantitative estimate of drug-likeness (QED) is 0.358. The van der Waals surface area contributed by atoms with Crippen molar-refractivity contribution in [3.63, 3.8) is 0 Å². The van der Waals surface area contributed by atoms with Gasteiger partial charge in [-0.05, 0) is 5.18 Å². The second kappa shape index (κ2) is 6.01. The summed E-state index contributed by atoms with van der Waals surface area (Å²) >= 11 is 1.07. The molecule has 1 aromatic heterocycles. The molecule has 0 amide bonds. The molecule has 0 aliphatic carbocycles. The van der Waals surface area contributed by atoms with Crippen molar-refractivity contribution >= 4 is 29.2 Å². The Morgan fingerprint density at radius 3 is 2.94 bits per heavy atom. The maximum absolute atomic E-state index is 10.9. The molecule has 1 rings (SSSR count). The first-order valence-corrected chi connectivity index (χ1v) is 5.27. The number of carbonyl (C=O) groups excluding carboxylic acids is 1. The molecule has 0 atom stereocenters. The minimum atomic E-state index is -0.397. The highest BCUT2D eigenvalue weighted by atomic mass is 32.2. The van der Waals surface area contributed by atoms with Gasteiger partial charge >= 0.3 is 5.97 Å². The van der Waals surface area contributed by atoms with Crippen LogP contribution in [0.15, 0.2) is 16.5 Å². The van der Waals surface area contributed by atoms with Gasteiger partial charge in [-0.25, -0.2) is 9.97 Å². The first-order chi connectivity index (χ1) is 7.72. The van der Waals surface area contributed by atoms with Gasteiger partial charge < -0.3 is 10.1 Å². The van der Waals surface area contributed by atoms with Crippen LogP contribution >= 0.6 is 11.8 Å². The van der Waals surface area contributed by atoms with Crippen molar-refractivity contribution in [1.29, 1.82) is 0 Å². The lowest BCUT2D eigenvalue weighted by molar-refractivity contribution is -0.137. The van der Waals surface area contributed by atoms with Gasteiger partial charge in [-0.3, -0.25) is 4.79 Å². The molecule has 7 nitrogen and oxygen atoms in total. The van der Waals surface area contributed by atoms with Crippen molar-refractivity contribution in [2.45, 2.75) is 5.03 Å². The van der Waals surface area contributed by atoms with Crippen LogP contribution in [-0.2, 0) is 9.53 Å². The van der Waals surface area contributed by atoms with E-state index in [4.69, 9.17) is 0 Å². The van der Waals surface area contributed by atoms with Crippen molar-refractivity contribution in [3.8, 4) is 0 Å². The molecule has 0 radical (unpaired) electrons. The van der Waals surface area contributed by atoms with Gasteiger partial charge in [-0.2, -0.15) is 0 Å². The van der Waals surface area contributed by atoms with Crippen LogP contribution in [-0.4, -0.2) is 35.8 Å². The van der Waals surface area contributed by atoms with E-state index < -0.39 is 5.97 Å². The van der Waals surface area contributed by atoms with Gasteiger partial charge in [0.05, 0.1) is 12.9 Å². The zero-order valence-electron chi connectivity index (χ0n) is 8.76. The van der Waals surface area contributed by atoms with E-state index in [2.05, 4.69) is 25.2 Å². The van der Waals surface area contributed by atoms with Crippen LogP contribution in [0.1, 0.15) is 0 Å². The number of hydrogen-bond acceptors (Lipinski definition) is 8. The topological polar surface area (TPSA) is 93.5 Å². The van der Waals surface area contributed by atoms with E-state index in [1.165, 1.54) is 13.4 Å². The van der Waals surface area contributed by atoms with E-state index in [-0.39, 0.29) is 11.4 Å². The molecule has 0 aliphatic rings. The Morgan fingerprint density at radius 1 is 1.62 bits per heavy atom.